The van der Waals surface area contributed by atoms with Crippen LogP contribution in [0.1, 0.15) is 72.1 Å². The quantitative estimate of drug-likeness (QED) is 0.520. The molecule has 0 saturated carbocycles. The van der Waals surface area contributed by atoms with Crippen molar-refractivity contribution >= 4 is 5.97 Å². The van der Waals surface area contributed by atoms with Gasteiger partial charge < -0.3 is 9.84 Å². The fourth-order valence-corrected chi connectivity index (χ4v) is 3.78. The summed E-state index contributed by atoms with van der Waals surface area (Å²) < 4.78 is 5.27. The molecule has 0 heterocycles. The molecule has 0 aromatic carbocycles. The summed E-state index contributed by atoms with van der Waals surface area (Å²) in [6.45, 7) is 7.03. The number of hydrogen-bond donors (Lipinski definition) is 1. The number of carboxylic acid groups (broad SMARTS) is 1. The predicted octanol–water partition coefficient (Wildman–Crippen LogP) is 5.37. The van der Waals surface area contributed by atoms with E-state index in [4.69, 9.17) is 4.74 Å². The first-order valence-corrected chi connectivity index (χ1v) is 9.20. The van der Waals surface area contributed by atoms with Crippen molar-refractivity contribution in [3.05, 3.63) is 23.3 Å². The number of unbranched alkanes of at least 4 members (excludes halogenated alkanes) is 3. The molecule has 2 atom stereocenters. The van der Waals surface area contributed by atoms with Gasteiger partial charge in [-0.05, 0) is 25.7 Å². The number of hydrogen-bond acceptors (Lipinski definition) is 2. The van der Waals surface area contributed by atoms with Crippen LogP contribution in [0.2, 0.25) is 0 Å². The van der Waals surface area contributed by atoms with E-state index in [2.05, 4.69) is 32.9 Å². The van der Waals surface area contributed by atoms with Crippen LogP contribution in [0.5, 0.6) is 0 Å². The van der Waals surface area contributed by atoms with E-state index in [0.29, 0.717) is 6.61 Å². The highest BCUT2D eigenvalue weighted by Gasteiger charge is 2.46. The fraction of sp³-hybridized carbons (Fsp3) is 0.750. The smallest absolute Gasteiger partial charge is 0.314 e. The summed E-state index contributed by atoms with van der Waals surface area (Å²) in [6, 6.07) is 0. The predicted molar refractivity (Wildman–Crippen MR) is 95.6 cm³/mol. The molecule has 0 spiro atoms. The van der Waals surface area contributed by atoms with E-state index >= 15 is 0 Å². The molecule has 1 rings (SSSR count). The third kappa shape index (κ3) is 4.94. The Bertz CT molecular complexity index is 436. The Morgan fingerprint density at radius 1 is 1.22 bits per heavy atom. The molecule has 132 valence electrons. The molecule has 0 amide bonds. The van der Waals surface area contributed by atoms with E-state index in [1.165, 1.54) is 24.0 Å². The maximum Gasteiger partial charge on any atom is 0.314 e. The minimum Gasteiger partial charge on any atom is -0.481 e. The molecule has 1 aliphatic carbocycles. The molecular weight excluding hydrogens is 288 g/mol. The standard InChI is InChI=1S/C20H34O3/c1-5-8-9-10-12-20(19(21)22)15-16(6-2)14-17(7-3)18(20)11-13-23-4/h14-15,18H,5-13H2,1-4H3,(H,21,22). The lowest BCUT2D eigenvalue weighted by molar-refractivity contribution is -0.149. The summed E-state index contributed by atoms with van der Waals surface area (Å²) in [5, 5.41) is 10.1. The zero-order valence-corrected chi connectivity index (χ0v) is 15.4. The molecule has 0 aliphatic heterocycles. The first-order valence-electron chi connectivity index (χ1n) is 9.20. The van der Waals surface area contributed by atoms with Crippen LogP contribution in [-0.4, -0.2) is 24.8 Å². The van der Waals surface area contributed by atoms with Crippen LogP contribution in [0.3, 0.4) is 0 Å². The number of aliphatic carboxylic acids is 1. The molecular formula is C20H34O3. The number of allylic oxidation sites excluding steroid dienone is 3. The highest BCUT2D eigenvalue weighted by Crippen LogP contribution is 2.47. The zero-order chi connectivity index (χ0) is 17.3. The molecule has 0 bridgehead atoms. The molecule has 1 aliphatic rings. The van der Waals surface area contributed by atoms with Gasteiger partial charge in [-0.2, -0.15) is 0 Å². The number of methoxy groups -OCH3 is 1. The monoisotopic (exact) mass is 322 g/mol. The fourth-order valence-electron chi connectivity index (χ4n) is 3.78. The Morgan fingerprint density at radius 3 is 2.48 bits per heavy atom. The number of ether oxygens (including phenoxy) is 1. The van der Waals surface area contributed by atoms with Crippen LogP contribution >= 0.6 is 0 Å². The van der Waals surface area contributed by atoms with Gasteiger partial charge in [0.05, 0.1) is 5.41 Å². The second-order valence-electron chi connectivity index (χ2n) is 6.64. The van der Waals surface area contributed by atoms with Gasteiger partial charge in [-0.1, -0.05) is 69.8 Å². The Balaban J connectivity index is 3.13. The lowest BCUT2D eigenvalue weighted by Crippen LogP contribution is -2.40. The van der Waals surface area contributed by atoms with E-state index in [1.54, 1.807) is 7.11 Å². The van der Waals surface area contributed by atoms with Crippen molar-refractivity contribution in [1.29, 1.82) is 0 Å². The molecule has 23 heavy (non-hydrogen) atoms. The summed E-state index contributed by atoms with van der Waals surface area (Å²) in [5.41, 5.74) is 1.70. The van der Waals surface area contributed by atoms with Crippen molar-refractivity contribution < 1.29 is 14.6 Å². The third-order valence-corrected chi connectivity index (χ3v) is 5.15. The first-order chi connectivity index (χ1) is 11.1. The Kier molecular flexibility index (Phi) is 8.60. The molecule has 0 aromatic rings. The maximum atomic E-state index is 12.3. The van der Waals surface area contributed by atoms with Crippen LogP contribution in [-0.2, 0) is 9.53 Å². The molecule has 0 fully saturated rings. The van der Waals surface area contributed by atoms with Gasteiger partial charge in [0.1, 0.15) is 0 Å². The van der Waals surface area contributed by atoms with Gasteiger partial charge in [-0.25, -0.2) is 0 Å². The third-order valence-electron chi connectivity index (χ3n) is 5.15. The molecule has 3 nitrogen and oxygen atoms in total. The van der Waals surface area contributed by atoms with Crippen molar-refractivity contribution in [1.82, 2.24) is 0 Å². The summed E-state index contributed by atoms with van der Waals surface area (Å²) in [5.74, 6) is -0.609. The summed E-state index contributed by atoms with van der Waals surface area (Å²) in [6.07, 6.45) is 12.1. The number of rotatable bonds is 11. The molecule has 0 radical (unpaired) electrons. The molecule has 0 saturated heterocycles. The van der Waals surface area contributed by atoms with Crippen molar-refractivity contribution in [2.24, 2.45) is 11.3 Å². The minimum absolute atomic E-state index is 0.0573. The molecule has 2 unspecified atom stereocenters. The van der Waals surface area contributed by atoms with E-state index < -0.39 is 11.4 Å². The minimum atomic E-state index is -0.752. The van der Waals surface area contributed by atoms with Gasteiger partial charge in [0, 0.05) is 19.6 Å². The normalized spacial score (nSPS) is 24.3. The van der Waals surface area contributed by atoms with Crippen molar-refractivity contribution in [2.75, 3.05) is 13.7 Å². The summed E-state index contributed by atoms with van der Waals surface area (Å²) >= 11 is 0. The van der Waals surface area contributed by atoms with Crippen molar-refractivity contribution in [3.63, 3.8) is 0 Å². The van der Waals surface area contributed by atoms with Crippen LogP contribution in [0.4, 0.5) is 0 Å². The summed E-state index contributed by atoms with van der Waals surface area (Å²) in [4.78, 5) is 12.3. The van der Waals surface area contributed by atoms with E-state index in [9.17, 15) is 9.90 Å². The molecule has 0 aromatic heterocycles. The second kappa shape index (κ2) is 9.92. The lowest BCUT2D eigenvalue weighted by atomic mass is 9.63. The first kappa shape index (κ1) is 20.0. The Hall–Kier alpha value is -1.09. The molecule has 3 heteroatoms. The van der Waals surface area contributed by atoms with Gasteiger partial charge in [0.15, 0.2) is 0 Å². The van der Waals surface area contributed by atoms with Gasteiger partial charge in [0.25, 0.3) is 0 Å². The topological polar surface area (TPSA) is 46.5 Å². The van der Waals surface area contributed by atoms with Gasteiger partial charge in [0.2, 0.25) is 0 Å². The van der Waals surface area contributed by atoms with Gasteiger partial charge in [-0.3, -0.25) is 4.79 Å². The van der Waals surface area contributed by atoms with Gasteiger partial charge in [-0.15, -0.1) is 0 Å². The highest BCUT2D eigenvalue weighted by molar-refractivity contribution is 5.79. The van der Waals surface area contributed by atoms with Crippen LogP contribution in [0, 0.1) is 11.3 Å². The van der Waals surface area contributed by atoms with Crippen LogP contribution < -0.4 is 0 Å². The SMILES string of the molecule is CCCCCCC1(C(=O)O)C=C(CC)C=C(CC)C1CCOC. The second-order valence-corrected chi connectivity index (χ2v) is 6.64. The average Bonchev–Trinajstić information content (AvgIpc) is 2.56. The van der Waals surface area contributed by atoms with E-state index in [-0.39, 0.29) is 5.92 Å². The lowest BCUT2D eigenvalue weighted by Gasteiger charge is -2.40. The van der Waals surface area contributed by atoms with Gasteiger partial charge >= 0.3 is 5.97 Å². The van der Waals surface area contributed by atoms with Crippen molar-refractivity contribution in [3.8, 4) is 0 Å². The van der Waals surface area contributed by atoms with E-state index in [0.717, 1.165) is 38.5 Å². The van der Waals surface area contributed by atoms with Crippen LogP contribution in [0.25, 0.3) is 0 Å². The average molecular weight is 322 g/mol. The largest absolute Gasteiger partial charge is 0.481 e. The van der Waals surface area contributed by atoms with Crippen LogP contribution in [0.15, 0.2) is 23.3 Å². The summed E-state index contributed by atoms with van der Waals surface area (Å²) in [7, 11) is 1.69. The Morgan fingerprint density at radius 2 is 1.96 bits per heavy atom. The number of carbonyl (C=O) groups is 1. The van der Waals surface area contributed by atoms with E-state index in [1.807, 2.05) is 0 Å². The Labute approximate surface area is 141 Å². The zero-order valence-electron chi connectivity index (χ0n) is 15.4. The number of carboxylic acids is 1. The molecule has 1 N–H and O–H groups in total. The van der Waals surface area contributed by atoms with Crippen molar-refractivity contribution in [2.45, 2.75) is 72.1 Å². The highest BCUT2D eigenvalue weighted by atomic mass is 16.5. The maximum absolute atomic E-state index is 12.3.